The van der Waals surface area contributed by atoms with E-state index in [1.807, 2.05) is 0 Å². The molecule has 1 unspecified atom stereocenters. The maximum atomic E-state index is 3.64. The predicted octanol–water partition coefficient (Wildman–Crippen LogP) is 2.11. The second-order valence-corrected chi connectivity index (χ2v) is 5.64. The summed E-state index contributed by atoms with van der Waals surface area (Å²) in [6.45, 7) is 6.04. The minimum atomic E-state index is 0.752. The van der Waals surface area contributed by atoms with Gasteiger partial charge >= 0.3 is 0 Å². The van der Waals surface area contributed by atoms with Gasteiger partial charge in [-0.3, -0.25) is 0 Å². The lowest BCUT2D eigenvalue weighted by Gasteiger charge is -2.30. The van der Waals surface area contributed by atoms with Crippen LogP contribution in [0.25, 0.3) is 0 Å². The van der Waals surface area contributed by atoms with Crippen LogP contribution >= 0.6 is 0 Å². The average Bonchev–Trinajstić information content (AvgIpc) is 2.94. The lowest BCUT2D eigenvalue weighted by Crippen LogP contribution is -2.38. The lowest BCUT2D eigenvalue weighted by atomic mass is 9.85. The number of nitrogens with one attached hydrogen (secondary N) is 1. The van der Waals surface area contributed by atoms with E-state index in [4.69, 9.17) is 0 Å². The van der Waals surface area contributed by atoms with Crippen molar-refractivity contribution in [3.63, 3.8) is 0 Å². The first-order valence-electron chi connectivity index (χ1n) is 6.67. The zero-order valence-electron chi connectivity index (χ0n) is 10.3. The predicted molar refractivity (Wildman–Crippen MR) is 65.0 cm³/mol. The Morgan fingerprint density at radius 2 is 2.00 bits per heavy atom. The standard InChI is InChI=1S/C13H26N2/c1-11(13-6-7-13)14-8-9-15(2)10-12-4-3-5-12/h11-14H,3-10H2,1-2H3. The monoisotopic (exact) mass is 210 g/mol. The van der Waals surface area contributed by atoms with Gasteiger partial charge in [0.25, 0.3) is 0 Å². The molecule has 2 fully saturated rings. The quantitative estimate of drug-likeness (QED) is 0.692. The van der Waals surface area contributed by atoms with E-state index in [9.17, 15) is 0 Å². The third-order valence-electron chi connectivity index (χ3n) is 4.08. The van der Waals surface area contributed by atoms with Gasteiger partial charge in [0.15, 0.2) is 0 Å². The lowest BCUT2D eigenvalue weighted by molar-refractivity contribution is 0.204. The average molecular weight is 210 g/mol. The molecule has 0 amide bonds. The van der Waals surface area contributed by atoms with Crippen LogP contribution in [-0.2, 0) is 0 Å². The van der Waals surface area contributed by atoms with E-state index >= 15 is 0 Å². The van der Waals surface area contributed by atoms with Crippen molar-refractivity contribution in [3.05, 3.63) is 0 Å². The Kier molecular flexibility index (Phi) is 4.04. The summed E-state index contributed by atoms with van der Waals surface area (Å²) in [7, 11) is 2.27. The zero-order chi connectivity index (χ0) is 10.7. The Morgan fingerprint density at radius 3 is 2.53 bits per heavy atom. The van der Waals surface area contributed by atoms with Crippen molar-refractivity contribution in [1.82, 2.24) is 10.2 Å². The third kappa shape index (κ3) is 3.76. The van der Waals surface area contributed by atoms with Gasteiger partial charge < -0.3 is 10.2 Å². The maximum absolute atomic E-state index is 3.64. The summed E-state index contributed by atoms with van der Waals surface area (Å²) in [6, 6.07) is 0.752. The highest BCUT2D eigenvalue weighted by Crippen LogP contribution is 2.32. The van der Waals surface area contributed by atoms with E-state index in [1.54, 1.807) is 0 Å². The summed E-state index contributed by atoms with van der Waals surface area (Å²) in [4.78, 5) is 2.50. The third-order valence-corrected chi connectivity index (χ3v) is 4.08. The van der Waals surface area contributed by atoms with Crippen LogP contribution in [0.3, 0.4) is 0 Å². The van der Waals surface area contributed by atoms with Gasteiger partial charge in [0, 0.05) is 25.7 Å². The van der Waals surface area contributed by atoms with Crippen molar-refractivity contribution < 1.29 is 0 Å². The molecule has 88 valence electrons. The molecule has 15 heavy (non-hydrogen) atoms. The fourth-order valence-electron chi connectivity index (χ4n) is 2.45. The highest BCUT2D eigenvalue weighted by molar-refractivity contribution is 4.83. The van der Waals surface area contributed by atoms with Gasteiger partial charge in [-0.05, 0) is 51.5 Å². The smallest absolute Gasteiger partial charge is 0.0104 e. The van der Waals surface area contributed by atoms with E-state index in [-0.39, 0.29) is 0 Å². The Morgan fingerprint density at radius 1 is 1.27 bits per heavy atom. The van der Waals surface area contributed by atoms with E-state index in [1.165, 1.54) is 51.7 Å². The van der Waals surface area contributed by atoms with E-state index < -0.39 is 0 Å². The molecule has 0 saturated heterocycles. The van der Waals surface area contributed by atoms with Crippen LogP contribution in [0.2, 0.25) is 0 Å². The van der Waals surface area contributed by atoms with Gasteiger partial charge in [-0.1, -0.05) is 6.42 Å². The first-order valence-corrected chi connectivity index (χ1v) is 6.67. The SMILES string of the molecule is CC(NCCN(C)CC1CCC1)C1CC1. The summed E-state index contributed by atoms with van der Waals surface area (Å²) in [6.07, 6.45) is 7.31. The Hall–Kier alpha value is -0.0800. The Labute approximate surface area is 94.4 Å². The summed E-state index contributed by atoms with van der Waals surface area (Å²) < 4.78 is 0. The van der Waals surface area contributed by atoms with Gasteiger partial charge in [-0.2, -0.15) is 0 Å². The van der Waals surface area contributed by atoms with Crippen molar-refractivity contribution in [2.45, 2.75) is 45.1 Å². The van der Waals surface area contributed by atoms with Crippen LogP contribution in [0.15, 0.2) is 0 Å². The molecule has 1 N–H and O–H groups in total. The van der Waals surface area contributed by atoms with Crippen molar-refractivity contribution in [2.24, 2.45) is 11.8 Å². The molecule has 0 spiro atoms. The normalized spacial score (nSPS) is 24.2. The van der Waals surface area contributed by atoms with E-state index in [0.29, 0.717) is 0 Å². The van der Waals surface area contributed by atoms with Crippen molar-refractivity contribution in [3.8, 4) is 0 Å². The molecule has 0 radical (unpaired) electrons. The summed E-state index contributed by atoms with van der Waals surface area (Å²) in [5, 5.41) is 3.64. The molecular weight excluding hydrogens is 184 g/mol. The molecule has 0 aromatic heterocycles. The van der Waals surface area contributed by atoms with Gasteiger partial charge in [-0.15, -0.1) is 0 Å². The highest BCUT2D eigenvalue weighted by Gasteiger charge is 2.27. The number of hydrogen-bond donors (Lipinski definition) is 1. The molecule has 1 atom stereocenters. The second kappa shape index (κ2) is 5.31. The van der Waals surface area contributed by atoms with Crippen LogP contribution in [-0.4, -0.2) is 37.6 Å². The fourth-order valence-corrected chi connectivity index (χ4v) is 2.45. The topological polar surface area (TPSA) is 15.3 Å². The molecule has 2 rings (SSSR count). The minimum absolute atomic E-state index is 0.752. The zero-order valence-corrected chi connectivity index (χ0v) is 10.3. The number of hydrogen-bond acceptors (Lipinski definition) is 2. The van der Waals surface area contributed by atoms with Gasteiger partial charge in [-0.25, -0.2) is 0 Å². The second-order valence-electron chi connectivity index (χ2n) is 5.64. The largest absolute Gasteiger partial charge is 0.313 e. The van der Waals surface area contributed by atoms with Gasteiger partial charge in [0.2, 0.25) is 0 Å². The maximum Gasteiger partial charge on any atom is 0.0104 e. The molecule has 2 heteroatoms. The number of nitrogens with zero attached hydrogens (tertiary/aromatic N) is 1. The number of likely N-dealkylation sites (N-methyl/N-ethyl adjacent to an activating group) is 1. The minimum Gasteiger partial charge on any atom is -0.313 e. The molecular formula is C13H26N2. The van der Waals surface area contributed by atoms with Crippen LogP contribution in [0.4, 0.5) is 0 Å². The first kappa shape index (κ1) is 11.4. The van der Waals surface area contributed by atoms with Crippen molar-refractivity contribution in [1.29, 1.82) is 0 Å². The highest BCUT2D eigenvalue weighted by atomic mass is 15.1. The van der Waals surface area contributed by atoms with Crippen LogP contribution in [0.5, 0.6) is 0 Å². The van der Waals surface area contributed by atoms with E-state index in [0.717, 1.165) is 17.9 Å². The summed E-state index contributed by atoms with van der Waals surface area (Å²) >= 11 is 0. The molecule has 0 aromatic carbocycles. The van der Waals surface area contributed by atoms with Gasteiger partial charge in [0.05, 0.1) is 0 Å². The van der Waals surface area contributed by atoms with Crippen LogP contribution < -0.4 is 5.32 Å². The fraction of sp³-hybridized carbons (Fsp3) is 1.00. The Balaban J connectivity index is 1.48. The molecule has 2 aliphatic carbocycles. The van der Waals surface area contributed by atoms with Crippen LogP contribution in [0.1, 0.15) is 39.0 Å². The molecule has 2 saturated carbocycles. The molecule has 2 aliphatic rings. The van der Waals surface area contributed by atoms with Gasteiger partial charge in [0.1, 0.15) is 0 Å². The molecule has 0 bridgehead atoms. The molecule has 0 heterocycles. The first-order chi connectivity index (χ1) is 7.25. The summed E-state index contributed by atoms with van der Waals surface area (Å²) in [5.74, 6) is 2.00. The van der Waals surface area contributed by atoms with Crippen molar-refractivity contribution in [2.75, 3.05) is 26.7 Å². The number of rotatable bonds is 7. The molecule has 0 aromatic rings. The molecule has 2 nitrogen and oxygen atoms in total. The Bertz CT molecular complexity index is 185. The summed E-state index contributed by atoms with van der Waals surface area (Å²) in [5.41, 5.74) is 0. The van der Waals surface area contributed by atoms with Crippen LogP contribution in [0, 0.1) is 11.8 Å². The van der Waals surface area contributed by atoms with E-state index in [2.05, 4.69) is 24.2 Å². The molecule has 0 aliphatic heterocycles. The van der Waals surface area contributed by atoms with Crippen molar-refractivity contribution >= 4 is 0 Å².